The Morgan fingerprint density at radius 2 is 1.44 bits per heavy atom. The Morgan fingerprint density at radius 1 is 0.833 bits per heavy atom. The Balaban J connectivity index is 1.94. The highest BCUT2D eigenvalue weighted by molar-refractivity contribution is 4.95. The van der Waals surface area contributed by atoms with Crippen LogP contribution in [0.25, 0.3) is 0 Å². The lowest BCUT2D eigenvalue weighted by Crippen LogP contribution is -2.44. The second-order valence-electron chi connectivity index (χ2n) is 6.37. The third-order valence-electron chi connectivity index (χ3n) is 4.97. The lowest BCUT2D eigenvalue weighted by Gasteiger charge is -2.30. The monoisotopic (exact) mass is 248 g/mol. The number of hydrogen-bond donors (Lipinski definition) is 1. The molecule has 2 nitrogen and oxygen atoms in total. The molecule has 2 rings (SSSR count). The van der Waals surface area contributed by atoms with E-state index in [1.165, 1.54) is 57.8 Å². The summed E-state index contributed by atoms with van der Waals surface area (Å²) in [5.41, 5.74) is 0. The van der Waals surface area contributed by atoms with Gasteiger partial charge in [-0.2, -0.15) is 5.26 Å². The predicted octanol–water partition coefficient (Wildman–Crippen LogP) is 4.02. The molecule has 2 fully saturated rings. The van der Waals surface area contributed by atoms with Crippen molar-refractivity contribution in [1.29, 1.82) is 5.26 Å². The Kier molecular flexibility index (Phi) is 5.50. The zero-order valence-electron chi connectivity index (χ0n) is 11.8. The highest BCUT2D eigenvalue weighted by atomic mass is 15.0. The number of nitrogens with zero attached hydrogens (tertiary/aromatic N) is 1. The maximum atomic E-state index is 9.35. The van der Waals surface area contributed by atoms with E-state index in [-0.39, 0.29) is 5.92 Å². The average Bonchev–Trinajstić information content (AvgIpc) is 2.71. The van der Waals surface area contributed by atoms with Crippen LogP contribution in [0, 0.1) is 23.2 Å². The molecular weight excluding hydrogens is 220 g/mol. The van der Waals surface area contributed by atoms with Gasteiger partial charge in [-0.15, -0.1) is 0 Å². The number of rotatable bonds is 2. The summed E-state index contributed by atoms with van der Waals surface area (Å²) >= 11 is 0. The summed E-state index contributed by atoms with van der Waals surface area (Å²) in [5, 5.41) is 13.2. The molecule has 0 saturated heterocycles. The van der Waals surface area contributed by atoms with Gasteiger partial charge >= 0.3 is 0 Å². The van der Waals surface area contributed by atoms with E-state index < -0.39 is 0 Å². The lowest BCUT2D eigenvalue weighted by molar-refractivity contribution is 0.281. The second kappa shape index (κ2) is 7.14. The Labute approximate surface area is 112 Å². The number of nitrogens with one attached hydrogen (secondary N) is 1. The van der Waals surface area contributed by atoms with E-state index in [9.17, 15) is 5.26 Å². The Bertz CT molecular complexity index is 281. The van der Waals surface area contributed by atoms with E-state index in [1.54, 1.807) is 0 Å². The van der Waals surface area contributed by atoms with Gasteiger partial charge in [-0.25, -0.2) is 0 Å². The third kappa shape index (κ3) is 3.72. The van der Waals surface area contributed by atoms with Gasteiger partial charge in [0.05, 0.1) is 12.0 Å². The second-order valence-corrected chi connectivity index (χ2v) is 6.37. The maximum Gasteiger partial charge on any atom is 0.0672 e. The molecule has 0 aromatic rings. The first kappa shape index (κ1) is 13.9. The van der Waals surface area contributed by atoms with Crippen LogP contribution in [0.4, 0.5) is 0 Å². The molecule has 0 heterocycles. The third-order valence-corrected chi connectivity index (χ3v) is 4.97. The maximum absolute atomic E-state index is 9.35. The van der Waals surface area contributed by atoms with Crippen molar-refractivity contribution in [1.82, 2.24) is 5.32 Å². The smallest absolute Gasteiger partial charge is 0.0672 e. The molecule has 0 bridgehead atoms. The zero-order chi connectivity index (χ0) is 12.8. The topological polar surface area (TPSA) is 35.8 Å². The normalized spacial score (nSPS) is 38.4. The Hall–Kier alpha value is -0.550. The van der Waals surface area contributed by atoms with Crippen LogP contribution in [0.5, 0.6) is 0 Å². The molecule has 2 heteroatoms. The fraction of sp³-hybridized carbons (Fsp3) is 0.938. The Morgan fingerprint density at radius 3 is 2.17 bits per heavy atom. The van der Waals surface area contributed by atoms with Crippen LogP contribution in [-0.2, 0) is 0 Å². The molecule has 0 amide bonds. The minimum Gasteiger partial charge on any atom is -0.310 e. The first-order chi connectivity index (χ1) is 8.81. The van der Waals surface area contributed by atoms with Crippen LogP contribution >= 0.6 is 0 Å². The fourth-order valence-corrected chi connectivity index (χ4v) is 3.68. The van der Waals surface area contributed by atoms with E-state index in [0.29, 0.717) is 12.1 Å². The minimum atomic E-state index is 0.253. The highest BCUT2D eigenvalue weighted by Gasteiger charge is 2.28. The van der Waals surface area contributed by atoms with E-state index in [2.05, 4.69) is 18.3 Å². The number of hydrogen-bond acceptors (Lipinski definition) is 2. The molecule has 2 aliphatic rings. The zero-order valence-corrected chi connectivity index (χ0v) is 11.8. The molecule has 2 aliphatic carbocycles. The molecule has 102 valence electrons. The standard InChI is InChI=1S/C16H28N2/c1-13-8-4-2-6-10-15(13)18-16-11-7-3-5-9-14(16)12-17/h13-16,18H,2-11H2,1H3. The van der Waals surface area contributed by atoms with Crippen molar-refractivity contribution in [2.75, 3.05) is 0 Å². The van der Waals surface area contributed by atoms with Gasteiger partial charge in [0.2, 0.25) is 0 Å². The lowest BCUT2D eigenvalue weighted by atomic mass is 9.91. The minimum absolute atomic E-state index is 0.253. The van der Waals surface area contributed by atoms with Gasteiger partial charge in [-0.3, -0.25) is 0 Å². The van der Waals surface area contributed by atoms with Crippen LogP contribution in [0.1, 0.15) is 71.1 Å². The van der Waals surface area contributed by atoms with Gasteiger partial charge in [0.15, 0.2) is 0 Å². The van der Waals surface area contributed by atoms with Crippen LogP contribution in [0.15, 0.2) is 0 Å². The number of nitriles is 1. The molecule has 0 radical (unpaired) electrons. The van der Waals surface area contributed by atoms with Crippen molar-refractivity contribution >= 4 is 0 Å². The summed E-state index contributed by atoms with van der Waals surface area (Å²) < 4.78 is 0. The molecule has 1 N–H and O–H groups in total. The fourth-order valence-electron chi connectivity index (χ4n) is 3.68. The average molecular weight is 248 g/mol. The van der Waals surface area contributed by atoms with Crippen molar-refractivity contribution in [3.05, 3.63) is 0 Å². The summed E-state index contributed by atoms with van der Waals surface area (Å²) in [6.07, 6.45) is 13.0. The van der Waals surface area contributed by atoms with Crippen LogP contribution < -0.4 is 5.32 Å². The molecule has 0 spiro atoms. The van der Waals surface area contributed by atoms with Gasteiger partial charge in [-0.05, 0) is 31.6 Å². The quantitative estimate of drug-likeness (QED) is 0.749. The highest BCUT2D eigenvalue weighted by Crippen LogP contribution is 2.27. The molecule has 2 saturated carbocycles. The molecule has 0 aromatic heterocycles. The molecule has 0 aliphatic heterocycles. The van der Waals surface area contributed by atoms with Crippen LogP contribution in [-0.4, -0.2) is 12.1 Å². The van der Waals surface area contributed by atoms with Gasteiger partial charge in [-0.1, -0.05) is 45.4 Å². The van der Waals surface area contributed by atoms with Gasteiger partial charge in [0, 0.05) is 12.1 Å². The van der Waals surface area contributed by atoms with Crippen molar-refractivity contribution in [3.8, 4) is 6.07 Å². The first-order valence-electron chi connectivity index (χ1n) is 7.97. The summed E-state index contributed by atoms with van der Waals surface area (Å²) in [7, 11) is 0. The molecular formula is C16H28N2. The van der Waals surface area contributed by atoms with Gasteiger partial charge < -0.3 is 5.32 Å². The van der Waals surface area contributed by atoms with Crippen LogP contribution in [0.3, 0.4) is 0 Å². The van der Waals surface area contributed by atoms with E-state index in [1.807, 2.05) is 0 Å². The molecule has 18 heavy (non-hydrogen) atoms. The van der Waals surface area contributed by atoms with Gasteiger partial charge in [0.25, 0.3) is 0 Å². The van der Waals surface area contributed by atoms with Crippen molar-refractivity contribution < 1.29 is 0 Å². The van der Waals surface area contributed by atoms with E-state index in [0.717, 1.165) is 12.3 Å². The van der Waals surface area contributed by atoms with E-state index >= 15 is 0 Å². The summed E-state index contributed by atoms with van der Waals surface area (Å²) in [5.74, 6) is 1.04. The SMILES string of the molecule is CC1CCCCCC1NC1CCCCCC1C#N. The van der Waals surface area contributed by atoms with Gasteiger partial charge in [0.1, 0.15) is 0 Å². The molecule has 4 unspecified atom stereocenters. The van der Waals surface area contributed by atoms with E-state index in [4.69, 9.17) is 0 Å². The largest absolute Gasteiger partial charge is 0.310 e. The van der Waals surface area contributed by atoms with Crippen molar-refractivity contribution in [2.45, 2.75) is 83.2 Å². The molecule has 4 atom stereocenters. The van der Waals surface area contributed by atoms with Crippen molar-refractivity contribution in [3.63, 3.8) is 0 Å². The summed E-state index contributed by atoms with van der Waals surface area (Å²) in [6, 6.07) is 3.67. The molecule has 0 aromatic carbocycles. The first-order valence-corrected chi connectivity index (χ1v) is 7.97. The predicted molar refractivity (Wildman–Crippen MR) is 75.1 cm³/mol. The summed E-state index contributed by atoms with van der Waals surface area (Å²) in [4.78, 5) is 0. The van der Waals surface area contributed by atoms with Crippen LogP contribution in [0.2, 0.25) is 0 Å². The summed E-state index contributed by atoms with van der Waals surface area (Å²) in [6.45, 7) is 2.39. The van der Waals surface area contributed by atoms with Crippen molar-refractivity contribution in [2.24, 2.45) is 11.8 Å².